The number of rotatable bonds is 3. The Balaban J connectivity index is 2.10. The maximum absolute atomic E-state index is 9.87. The van der Waals surface area contributed by atoms with Crippen molar-refractivity contribution in [2.45, 2.75) is 24.9 Å². The normalized spacial score (nSPS) is 25.6. The van der Waals surface area contributed by atoms with Crippen molar-refractivity contribution in [1.29, 1.82) is 0 Å². The minimum absolute atomic E-state index is 0.104. The van der Waals surface area contributed by atoms with Gasteiger partial charge in [0.2, 0.25) is 11.8 Å². The van der Waals surface area contributed by atoms with Crippen LogP contribution in [0.1, 0.15) is 12.6 Å². The van der Waals surface area contributed by atoms with Gasteiger partial charge in [-0.1, -0.05) is 0 Å². The van der Waals surface area contributed by atoms with Gasteiger partial charge in [-0.05, 0) is 22.6 Å². The summed E-state index contributed by atoms with van der Waals surface area (Å²) in [5, 5.41) is 19.8. The van der Waals surface area contributed by atoms with Gasteiger partial charge in [0, 0.05) is 16.2 Å². The number of fused-ring (bicyclic) bond motifs is 1. The molecule has 4 N–H and O–H groups in total. The second-order valence-corrected chi connectivity index (χ2v) is 5.95. The van der Waals surface area contributed by atoms with E-state index in [4.69, 9.17) is 15.2 Å². The third kappa shape index (κ3) is 2.43. The molecule has 8 nitrogen and oxygen atoms in total. The molecule has 2 aromatic heterocycles. The quantitative estimate of drug-likeness (QED) is 0.627. The molecule has 21 heavy (non-hydrogen) atoms. The number of nitrogens with two attached hydrogens (primary N) is 1. The molecule has 3 heterocycles. The number of ether oxygens (including phenoxy) is 2. The number of aromatic nitrogens is 3. The molecular formula is C12H15IN4O4. The van der Waals surface area contributed by atoms with Crippen LogP contribution < -0.4 is 10.5 Å². The third-order valence-electron chi connectivity index (χ3n) is 3.50. The van der Waals surface area contributed by atoms with Crippen molar-refractivity contribution < 1.29 is 19.7 Å². The first kappa shape index (κ1) is 14.8. The highest BCUT2D eigenvalue weighted by molar-refractivity contribution is 14.1. The first-order valence-electron chi connectivity index (χ1n) is 6.37. The van der Waals surface area contributed by atoms with Crippen molar-refractivity contribution in [3.63, 3.8) is 0 Å². The molecule has 0 bridgehead atoms. The molecule has 1 unspecified atom stereocenters. The fourth-order valence-electron chi connectivity index (χ4n) is 2.51. The zero-order valence-electron chi connectivity index (χ0n) is 11.2. The standard InChI is InChI=1S/C12H15IN4O4/c1-20-11-9-5(13)3-17(10(9)15-12(14)16-11)8-2-6(19)7(4-18)21-8/h3,6-8,18-19H,2,4H2,1H3,(H2,14,15,16)/t6?,7-,8-/m1/s1. The van der Waals surface area contributed by atoms with Gasteiger partial charge in [0.15, 0.2) is 5.65 Å². The fraction of sp³-hybridized carbons (Fsp3) is 0.500. The molecule has 0 aromatic carbocycles. The molecule has 1 aliphatic rings. The summed E-state index contributed by atoms with van der Waals surface area (Å²) in [6.07, 6.45) is 0.501. The second-order valence-electron chi connectivity index (χ2n) is 4.79. The molecule has 0 saturated carbocycles. The largest absolute Gasteiger partial charge is 0.480 e. The Hall–Kier alpha value is -1.17. The van der Waals surface area contributed by atoms with Crippen LogP contribution in [0.3, 0.4) is 0 Å². The summed E-state index contributed by atoms with van der Waals surface area (Å²) in [4.78, 5) is 8.31. The van der Waals surface area contributed by atoms with Gasteiger partial charge in [-0.2, -0.15) is 9.97 Å². The predicted molar refractivity (Wildman–Crippen MR) is 82.8 cm³/mol. The molecule has 0 spiro atoms. The van der Waals surface area contributed by atoms with Crippen molar-refractivity contribution in [2.24, 2.45) is 0 Å². The van der Waals surface area contributed by atoms with Gasteiger partial charge in [-0.15, -0.1) is 0 Å². The van der Waals surface area contributed by atoms with Crippen LogP contribution in [0.25, 0.3) is 11.0 Å². The zero-order chi connectivity index (χ0) is 15.1. The number of aliphatic hydroxyl groups excluding tert-OH is 2. The summed E-state index contributed by atoms with van der Waals surface area (Å²) in [5.41, 5.74) is 6.29. The lowest BCUT2D eigenvalue weighted by atomic mass is 10.2. The van der Waals surface area contributed by atoms with Crippen LogP contribution in [0.2, 0.25) is 0 Å². The highest BCUT2D eigenvalue weighted by atomic mass is 127. The van der Waals surface area contributed by atoms with Crippen molar-refractivity contribution in [2.75, 3.05) is 19.5 Å². The van der Waals surface area contributed by atoms with Crippen LogP contribution in [-0.4, -0.2) is 50.7 Å². The predicted octanol–water partition coefficient (Wildman–Crippen LogP) is 0.267. The molecular weight excluding hydrogens is 391 g/mol. The summed E-state index contributed by atoms with van der Waals surface area (Å²) in [7, 11) is 1.52. The fourth-order valence-corrected chi connectivity index (χ4v) is 3.28. The van der Waals surface area contributed by atoms with Crippen LogP contribution in [0.5, 0.6) is 5.88 Å². The lowest BCUT2D eigenvalue weighted by molar-refractivity contribution is -0.0430. The number of hydrogen-bond acceptors (Lipinski definition) is 7. The first-order valence-corrected chi connectivity index (χ1v) is 7.45. The van der Waals surface area contributed by atoms with Gasteiger partial charge in [0.05, 0.1) is 25.2 Å². The zero-order valence-corrected chi connectivity index (χ0v) is 13.4. The van der Waals surface area contributed by atoms with E-state index in [-0.39, 0.29) is 12.6 Å². The van der Waals surface area contributed by atoms with Crippen LogP contribution in [0, 0.1) is 3.57 Å². The Morgan fingerprint density at radius 1 is 1.57 bits per heavy atom. The van der Waals surface area contributed by atoms with Crippen molar-refractivity contribution in [1.82, 2.24) is 14.5 Å². The minimum Gasteiger partial charge on any atom is -0.480 e. The van der Waals surface area contributed by atoms with E-state index in [1.165, 1.54) is 7.11 Å². The average molecular weight is 406 g/mol. The number of nitrogens with zero attached hydrogens (tertiary/aromatic N) is 3. The molecule has 9 heteroatoms. The molecule has 0 amide bonds. The van der Waals surface area contributed by atoms with E-state index >= 15 is 0 Å². The Morgan fingerprint density at radius 3 is 2.95 bits per heavy atom. The van der Waals surface area contributed by atoms with E-state index in [0.717, 1.165) is 8.96 Å². The lowest BCUT2D eigenvalue weighted by Gasteiger charge is -2.14. The van der Waals surface area contributed by atoms with Gasteiger partial charge in [0.1, 0.15) is 12.3 Å². The molecule has 3 atom stereocenters. The first-order chi connectivity index (χ1) is 10.0. The summed E-state index contributed by atoms with van der Waals surface area (Å²) in [6, 6.07) is 0. The Kier molecular flexibility index (Phi) is 3.90. The van der Waals surface area contributed by atoms with Gasteiger partial charge < -0.3 is 30.0 Å². The van der Waals surface area contributed by atoms with E-state index in [2.05, 4.69) is 32.6 Å². The van der Waals surface area contributed by atoms with Gasteiger partial charge in [-0.3, -0.25) is 0 Å². The maximum atomic E-state index is 9.87. The number of hydrogen-bond donors (Lipinski definition) is 3. The highest BCUT2D eigenvalue weighted by Gasteiger charge is 2.35. The molecule has 114 valence electrons. The number of nitrogen functional groups attached to an aromatic ring is 1. The SMILES string of the molecule is COc1nc(N)nc2c1c(I)cn2[C@H]1CC(O)[C@@H](CO)O1. The second kappa shape index (κ2) is 5.55. The summed E-state index contributed by atoms with van der Waals surface area (Å²) < 4.78 is 13.6. The van der Waals surface area contributed by atoms with Crippen LogP contribution in [0.15, 0.2) is 6.20 Å². The lowest BCUT2D eigenvalue weighted by Crippen LogP contribution is -2.24. The van der Waals surface area contributed by atoms with E-state index in [1.807, 2.05) is 6.20 Å². The molecule has 1 saturated heterocycles. The molecule has 1 aliphatic heterocycles. The van der Waals surface area contributed by atoms with E-state index in [9.17, 15) is 10.2 Å². The Labute approximate surface area is 134 Å². The van der Waals surface area contributed by atoms with Crippen LogP contribution in [-0.2, 0) is 4.74 Å². The number of aliphatic hydroxyl groups is 2. The summed E-state index contributed by atoms with van der Waals surface area (Å²) >= 11 is 2.16. The number of halogens is 1. The van der Waals surface area contributed by atoms with Crippen LogP contribution >= 0.6 is 22.6 Å². The number of anilines is 1. The molecule has 1 fully saturated rings. The summed E-state index contributed by atoms with van der Waals surface area (Å²) in [5.74, 6) is 0.505. The maximum Gasteiger partial charge on any atom is 0.228 e. The summed E-state index contributed by atoms with van der Waals surface area (Å²) in [6.45, 7) is -0.228. The van der Waals surface area contributed by atoms with E-state index in [0.29, 0.717) is 17.9 Å². The van der Waals surface area contributed by atoms with Crippen molar-refractivity contribution in [3.8, 4) is 5.88 Å². The van der Waals surface area contributed by atoms with Crippen molar-refractivity contribution >= 4 is 39.6 Å². The highest BCUT2D eigenvalue weighted by Crippen LogP contribution is 2.36. The monoisotopic (exact) mass is 406 g/mol. The van der Waals surface area contributed by atoms with Gasteiger partial charge in [0.25, 0.3) is 0 Å². The van der Waals surface area contributed by atoms with Crippen molar-refractivity contribution in [3.05, 3.63) is 9.77 Å². The Morgan fingerprint density at radius 2 is 2.33 bits per heavy atom. The Bertz CT molecular complexity index is 677. The van der Waals surface area contributed by atoms with Crippen LogP contribution in [0.4, 0.5) is 5.95 Å². The minimum atomic E-state index is -0.712. The number of methoxy groups -OCH3 is 1. The van der Waals surface area contributed by atoms with Gasteiger partial charge >= 0.3 is 0 Å². The topological polar surface area (TPSA) is 116 Å². The molecule has 2 aromatic rings. The van der Waals surface area contributed by atoms with Gasteiger partial charge in [-0.25, -0.2) is 0 Å². The smallest absolute Gasteiger partial charge is 0.228 e. The molecule has 3 rings (SSSR count). The molecule has 0 radical (unpaired) electrons. The molecule has 0 aliphatic carbocycles. The van der Waals surface area contributed by atoms with E-state index < -0.39 is 18.4 Å². The van der Waals surface area contributed by atoms with E-state index in [1.54, 1.807) is 4.57 Å². The third-order valence-corrected chi connectivity index (χ3v) is 4.32. The average Bonchev–Trinajstić information content (AvgIpc) is 2.98.